The van der Waals surface area contributed by atoms with Gasteiger partial charge in [-0.05, 0) is 61.5 Å². The van der Waals surface area contributed by atoms with Gasteiger partial charge in [-0.25, -0.2) is 9.97 Å². The van der Waals surface area contributed by atoms with E-state index in [-0.39, 0.29) is 29.4 Å². The fourth-order valence-electron chi connectivity index (χ4n) is 4.65. The standard InChI is InChI=1S/C32H32F3N7O2S/c1-31(2,27(43)14-25-17-38-20-41(25)18-22-10-8-21(15-36)9-11-22)29(37)42(19-23-6-4-5-7-26(23)32(33,34)35)30(45)40-24-12-13-28(44-3)39-16-24/h4-13,16-17,20,29H,14,18-19,37H2,1-3H3,(H,40,45). The number of anilines is 1. The van der Waals surface area contributed by atoms with Crippen molar-refractivity contribution in [1.82, 2.24) is 19.4 Å². The number of nitrogens with one attached hydrogen (secondary N) is 1. The summed E-state index contributed by atoms with van der Waals surface area (Å²) < 4.78 is 48.7. The molecule has 2 aromatic carbocycles. The van der Waals surface area contributed by atoms with E-state index in [1.807, 2.05) is 16.7 Å². The molecule has 4 rings (SSSR count). The molecule has 13 heteroatoms. The van der Waals surface area contributed by atoms with Gasteiger partial charge in [-0.3, -0.25) is 4.79 Å². The number of halogens is 3. The highest BCUT2D eigenvalue weighted by Gasteiger charge is 2.40. The van der Waals surface area contributed by atoms with E-state index in [2.05, 4.69) is 21.4 Å². The van der Waals surface area contributed by atoms with E-state index in [1.54, 1.807) is 50.6 Å². The number of methoxy groups -OCH3 is 1. The maximum Gasteiger partial charge on any atom is 0.416 e. The Morgan fingerprint density at radius 3 is 2.47 bits per heavy atom. The van der Waals surface area contributed by atoms with Crippen LogP contribution in [0, 0.1) is 16.7 Å². The number of nitrogens with zero attached hydrogens (tertiary/aromatic N) is 5. The van der Waals surface area contributed by atoms with Gasteiger partial charge >= 0.3 is 6.18 Å². The molecule has 0 amide bonds. The molecule has 0 saturated heterocycles. The smallest absolute Gasteiger partial charge is 0.416 e. The number of alkyl halides is 3. The van der Waals surface area contributed by atoms with Gasteiger partial charge in [-0.1, -0.05) is 30.3 Å². The second kappa shape index (κ2) is 13.9. The number of carbonyl (C=O) groups is 1. The van der Waals surface area contributed by atoms with Crippen LogP contribution in [0.1, 0.15) is 41.8 Å². The number of imidazole rings is 1. The van der Waals surface area contributed by atoms with E-state index in [0.717, 1.165) is 11.6 Å². The van der Waals surface area contributed by atoms with Gasteiger partial charge in [0.05, 0.1) is 54.1 Å². The van der Waals surface area contributed by atoms with Gasteiger partial charge in [-0.15, -0.1) is 0 Å². The Morgan fingerprint density at radius 1 is 1.13 bits per heavy atom. The Bertz CT molecular complexity index is 1680. The highest BCUT2D eigenvalue weighted by atomic mass is 32.1. The lowest BCUT2D eigenvalue weighted by Crippen LogP contribution is -2.57. The zero-order valence-corrected chi connectivity index (χ0v) is 25.7. The number of pyridine rings is 1. The number of rotatable bonds is 11. The largest absolute Gasteiger partial charge is 0.481 e. The molecule has 0 aliphatic carbocycles. The van der Waals surface area contributed by atoms with Crippen LogP contribution in [0.3, 0.4) is 0 Å². The maximum absolute atomic E-state index is 13.9. The first kappa shape index (κ1) is 33.1. The molecule has 1 unspecified atom stereocenters. The van der Waals surface area contributed by atoms with Crippen molar-refractivity contribution in [3.63, 3.8) is 0 Å². The first-order chi connectivity index (χ1) is 21.3. The van der Waals surface area contributed by atoms with Crippen molar-refractivity contribution in [1.29, 1.82) is 5.26 Å². The van der Waals surface area contributed by atoms with Crippen LogP contribution in [0.25, 0.3) is 0 Å². The van der Waals surface area contributed by atoms with Crippen LogP contribution in [0.5, 0.6) is 5.88 Å². The minimum atomic E-state index is -4.61. The van der Waals surface area contributed by atoms with Crippen molar-refractivity contribution >= 4 is 28.8 Å². The summed E-state index contributed by atoms with van der Waals surface area (Å²) in [6.45, 7) is 3.38. The molecular formula is C32H32F3N7O2S. The monoisotopic (exact) mass is 635 g/mol. The van der Waals surface area contributed by atoms with Crippen LogP contribution in [0.4, 0.5) is 18.9 Å². The van der Waals surface area contributed by atoms with Gasteiger partial charge in [0.15, 0.2) is 5.11 Å². The van der Waals surface area contributed by atoms with Crippen molar-refractivity contribution < 1.29 is 22.7 Å². The topological polar surface area (TPSA) is 122 Å². The Kier molecular flexibility index (Phi) is 10.2. The molecule has 0 aliphatic heterocycles. The number of carbonyl (C=O) groups excluding carboxylic acids is 1. The minimum absolute atomic E-state index is 0.0122. The van der Waals surface area contributed by atoms with Gasteiger partial charge in [0.1, 0.15) is 5.78 Å². The van der Waals surface area contributed by atoms with Crippen LogP contribution >= 0.6 is 12.2 Å². The summed E-state index contributed by atoms with van der Waals surface area (Å²) in [5, 5.41) is 12.1. The summed E-state index contributed by atoms with van der Waals surface area (Å²) in [6, 6.07) is 17.6. The number of hydrogen-bond acceptors (Lipinski definition) is 7. The van der Waals surface area contributed by atoms with Crippen LogP contribution in [-0.2, 0) is 30.5 Å². The van der Waals surface area contributed by atoms with Gasteiger partial charge in [0.25, 0.3) is 0 Å². The molecule has 234 valence electrons. The molecule has 9 nitrogen and oxygen atoms in total. The van der Waals surface area contributed by atoms with E-state index in [9.17, 15) is 18.0 Å². The van der Waals surface area contributed by atoms with Gasteiger partial charge < -0.3 is 25.3 Å². The summed E-state index contributed by atoms with van der Waals surface area (Å²) in [5.41, 5.74) is 7.11. The molecule has 2 aromatic heterocycles. The number of Topliss-reactive ketones (excluding diaryl/α,β-unsaturated/α-hetero) is 1. The molecular weight excluding hydrogens is 603 g/mol. The number of hydrogen-bond donors (Lipinski definition) is 2. The van der Waals surface area contributed by atoms with E-state index in [1.165, 1.54) is 36.4 Å². The SMILES string of the molecule is COc1ccc(NC(=S)N(Cc2ccccc2C(F)(F)F)C(N)C(C)(C)C(=O)Cc2cncn2Cc2ccc(C#N)cc2)cn1. The number of benzene rings is 2. The first-order valence-electron chi connectivity index (χ1n) is 13.8. The van der Waals surface area contributed by atoms with Crippen LogP contribution in [0.15, 0.2) is 79.4 Å². The van der Waals surface area contributed by atoms with E-state index in [0.29, 0.717) is 29.4 Å². The number of nitrogens with two attached hydrogens (primary N) is 1. The van der Waals surface area contributed by atoms with Crippen molar-refractivity contribution in [3.05, 3.63) is 107 Å². The molecule has 0 bridgehead atoms. The molecule has 0 radical (unpaired) electrons. The lowest BCUT2D eigenvalue weighted by atomic mass is 9.82. The van der Waals surface area contributed by atoms with Crippen molar-refractivity contribution in [2.24, 2.45) is 11.1 Å². The fraction of sp³-hybridized carbons (Fsp3) is 0.281. The third-order valence-electron chi connectivity index (χ3n) is 7.49. The normalized spacial score (nSPS) is 12.2. The Labute approximate surface area is 264 Å². The van der Waals surface area contributed by atoms with Crippen molar-refractivity contribution in [3.8, 4) is 11.9 Å². The van der Waals surface area contributed by atoms with Gasteiger partial charge in [0.2, 0.25) is 5.88 Å². The summed E-state index contributed by atoms with van der Waals surface area (Å²) >= 11 is 5.66. The molecule has 2 heterocycles. The van der Waals surface area contributed by atoms with E-state index < -0.39 is 23.3 Å². The average Bonchev–Trinajstić information content (AvgIpc) is 3.45. The summed E-state index contributed by atoms with van der Waals surface area (Å²) in [4.78, 5) is 23.6. The Balaban J connectivity index is 1.60. The van der Waals surface area contributed by atoms with Crippen LogP contribution < -0.4 is 15.8 Å². The van der Waals surface area contributed by atoms with Crippen molar-refractivity contribution in [2.75, 3.05) is 12.4 Å². The second-order valence-corrected chi connectivity index (χ2v) is 11.3. The first-order valence-corrected chi connectivity index (χ1v) is 14.2. The number of nitriles is 1. The lowest BCUT2D eigenvalue weighted by molar-refractivity contribution is -0.138. The molecule has 0 aliphatic rings. The van der Waals surface area contributed by atoms with Crippen molar-refractivity contribution in [2.45, 2.75) is 45.7 Å². The van der Waals surface area contributed by atoms with Gasteiger partial charge in [-0.2, -0.15) is 18.4 Å². The number of thiocarbonyl (C=S) groups is 1. The summed E-state index contributed by atoms with van der Waals surface area (Å²) in [7, 11) is 1.47. The molecule has 0 saturated carbocycles. The predicted octanol–water partition coefficient (Wildman–Crippen LogP) is 5.55. The number of ether oxygens (including phenoxy) is 1. The number of ketones is 1. The maximum atomic E-state index is 13.9. The third-order valence-corrected chi connectivity index (χ3v) is 7.83. The third kappa shape index (κ3) is 8.03. The molecule has 0 fully saturated rings. The summed E-state index contributed by atoms with van der Waals surface area (Å²) in [6.07, 6.45) is -1.12. The van der Waals surface area contributed by atoms with Crippen LogP contribution in [0.2, 0.25) is 0 Å². The highest BCUT2D eigenvalue weighted by molar-refractivity contribution is 7.80. The Hall–Kier alpha value is -4.80. The van der Waals surface area contributed by atoms with E-state index in [4.69, 9.17) is 28.0 Å². The molecule has 3 N–H and O–H groups in total. The lowest BCUT2D eigenvalue weighted by Gasteiger charge is -2.40. The Morgan fingerprint density at radius 2 is 1.84 bits per heavy atom. The fourth-order valence-corrected chi connectivity index (χ4v) is 4.95. The second-order valence-electron chi connectivity index (χ2n) is 10.9. The quantitative estimate of drug-likeness (QED) is 0.161. The highest BCUT2D eigenvalue weighted by Crippen LogP contribution is 2.34. The molecule has 4 aromatic rings. The zero-order valence-electron chi connectivity index (χ0n) is 24.9. The van der Waals surface area contributed by atoms with Gasteiger partial charge in [0, 0.05) is 37.5 Å². The average molecular weight is 636 g/mol. The molecule has 45 heavy (non-hydrogen) atoms. The predicted molar refractivity (Wildman–Crippen MR) is 167 cm³/mol. The van der Waals surface area contributed by atoms with E-state index >= 15 is 0 Å². The zero-order chi connectivity index (χ0) is 32.8. The molecule has 0 spiro atoms. The minimum Gasteiger partial charge on any atom is -0.481 e. The number of aromatic nitrogens is 3. The van der Waals surface area contributed by atoms with Crippen LogP contribution in [-0.4, -0.2) is 43.6 Å². The molecule has 1 atom stereocenters. The summed E-state index contributed by atoms with van der Waals surface area (Å²) in [5.74, 6) is 0.101.